The zero-order valence-corrected chi connectivity index (χ0v) is 9.70. The molecule has 1 aromatic heterocycles. The van der Waals surface area contributed by atoms with Crippen LogP contribution in [0, 0.1) is 6.92 Å². The quantitative estimate of drug-likeness (QED) is 0.619. The van der Waals surface area contributed by atoms with Crippen LogP contribution in [-0.2, 0) is 19.4 Å². The molecule has 3 heteroatoms. The summed E-state index contributed by atoms with van der Waals surface area (Å²) < 4.78 is 2.04. The third kappa shape index (κ3) is 1.43. The third-order valence-electron chi connectivity index (χ3n) is 3.14. The normalized spacial score (nSPS) is 13.4. The summed E-state index contributed by atoms with van der Waals surface area (Å²) in [5.41, 5.74) is 4.11. The Bertz CT molecular complexity index is 540. The number of aromatic nitrogens is 3. The van der Waals surface area contributed by atoms with Gasteiger partial charge < -0.3 is 0 Å². The van der Waals surface area contributed by atoms with Crippen molar-refractivity contribution in [2.24, 2.45) is 0 Å². The lowest BCUT2D eigenvalue weighted by Crippen LogP contribution is -2.15. The summed E-state index contributed by atoms with van der Waals surface area (Å²) in [5.74, 6) is 2.06. The summed E-state index contributed by atoms with van der Waals surface area (Å²) in [6.07, 6.45) is 1.83. The maximum atomic E-state index is 4.55. The first-order valence-corrected chi connectivity index (χ1v) is 5.77. The number of hydrogen-bond acceptors (Lipinski definition) is 2. The van der Waals surface area contributed by atoms with Gasteiger partial charge in [0.25, 0.3) is 0 Å². The molecule has 1 aliphatic rings. The van der Waals surface area contributed by atoms with E-state index in [-0.39, 0.29) is 0 Å². The zero-order valence-electron chi connectivity index (χ0n) is 9.70. The number of nitrogens with zero attached hydrogens (tertiary/aromatic N) is 3. The van der Waals surface area contributed by atoms with E-state index in [0.29, 0.717) is 0 Å². The Labute approximate surface area is 95.1 Å². The molecule has 0 fully saturated rings. The standard InChI is InChI=1S/C13H15N3/c1-3-12-14-13-7-11-6-9(2)4-5-10(11)8-16(13)15-12/h4-6H,3,7-8H2,1-2H3. The molecule has 1 aromatic carbocycles. The smallest absolute Gasteiger partial charge is 0.150 e. The molecule has 0 amide bonds. The maximum absolute atomic E-state index is 4.55. The van der Waals surface area contributed by atoms with E-state index in [0.717, 1.165) is 31.0 Å². The highest BCUT2D eigenvalue weighted by Gasteiger charge is 2.17. The molecule has 16 heavy (non-hydrogen) atoms. The van der Waals surface area contributed by atoms with E-state index in [4.69, 9.17) is 0 Å². The largest absolute Gasteiger partial charge is 0.245 e. The van der Waals surface area contributed by atoms with Crippen molar-refractivity contribution in [2.75, 3.05) is 0 Å². The highest BCUT2D eigenvalue weighted by molar-refractivity contribution is 5.36. The summed E-state index contributed by atoms with van der Waals surface area (Å²) in [4.78, 5) is 4.55. The Morgan fingerprint density at radius 1 is 1.31 bits per heavy atom. The van der Waals surface area contributed by atoms with Crippen molar-refractivity contribution in [1.29, 1.82) is 0 Å². The van der Waals surface area contributed by atoms with Crippen molar-refractivity contribution < 1.29 is 0 Å². The minimum atomic E-state index is 0.873. The van der Waals surface area contributed by atoms with Gasteiger partial charge in [0, 0.05) is 12.8 Å². The van der Waals surface area contributed by atoms with Crippen LogP contribution < -0.4 is 0 Å². The lowest BCUT2D eigenvalue weighted by Gasteiger charge is -2.16. The molecule has 0 spiro atoms. The molecule has 0 N–H and O–H groups in total. The molecule has 0 aliphatic carbocycles. The van der Waals surface area contributed by atoms with Crippen LogP contribution >= 0.6 is 0 Å². The first-order chi connectivity index (χ1) is 7.76. The van der Waals surface area contributed by atoms with Gasteiger partial charge in [-0.1, -0.05) is 30.7 Å². The fourth-order valence-electron chi connectivity index (χ4n) is 2.24. The Hall–Kier alpha value is -1.64. The summed E-state index contributed by atoms with van der Waals surface area (Å²) in [7, 11) is 0. The van der Waals surface area contributed by atoms with E-state index in [1.165, 1.54) is 16.7 Å². The average Bonchev–Trinajstić information content (AvgIpc) is 2.67. The predicted octanol–water partition coefficient (Wildman–Crippen LogP) is 2.10. The molecule has 82 valence electrons. The van der Waals surface area contributed by atoms with E-state index in [9.17, 15) is 0 Å². The highest BCUT2D eigenvalue weighted by atomic mass is 15.3. The number of hydrogen-bond donors (Lipinski definition) is 0. The molecule has 0 bridgehead atoms. The van der Waals surface area contributed by atoms with Gasteiger partial charge in [-0.05, 0) is 18.1 Å². The molecule has 2 heterocycles. The molecule has 0 unspecified atom stereocenters. The van der Waals surface area contributed by atoms with Gasteiger partial charge in [0.15, 0.2) is 5.82 Å². The fraction of sp³-hybridized carbons (Fsp3) is 0.385. The van der Waals surface area contributed by atoms with Crippen molar-refractivity contribution in [2.45, 2.75) is 33.2 Å². The average molecular weight is 213 g/mol. The van der Waals surface area contributed by atoms with Crippen LogP contribution in [0.3, 0.4) is 0 Å². The molecule has 1 aliphatic heterocycles. The van der Waals surface area contributed by atoms with Crippen LogP contribution in [0.4, 0.5) is 0 Å². The Kier molecular flexibility index (Phi) is 2.06. The van der Waals surface area contributed by atoms with Gasteiger partial charge in [-0.15, -0.1) is 0 Å². The van der Waals surface area contributed by atoms with E-state index < -0.39 is 0 Å². The summed E-state index contributed by atoms with van der Waals surface area (Å²) in [6, 6.07) is 6.64. The first kappa shape index (κ1) is 9.58. The Morgan fingerprint density at radius 3 is 3.00 bits per heavy atom. The molecular formula is C13H15N3. The monoisotopic (exact) mass is 213 g/mol. The molecule has 2 aromatic rings. The second-order valence-corrected chi connectivity index (χ2v) is 4.40. The summed E-state index contributed by atoms with van der Waals surface area (Å²) in [5, 5.41) is 4.50. The van der Waals surface area contributed by atoms with Gasteiger partial charge in [0.05, 0.1) is 6.54 Å². The maximum Gasteiger partial charge on any atom is 0.150 e. The second-order valence-electron chi connectivity index (χ2n) is 4.40. The van der Waals surface area contributed by atoms with Crippen LogP contribution in [0.15, 0.2) is 18.2 Å². The van der Waals surface area contributed by atoms with E-state index in [1.54, 1.807) is 0 Å². The van der Waals surface area contributed by atoms with Crippen molar-refractivity contribution in [3.63, 3.8) is 0 Å². The van der Waals surface area contributed by atoms with Gasteiger partial charge in [-0.25, -0.2) is 9.67 Å². The Morgan fingerprint density at radius 2 is 2.19 bits per heavy atom. The Balaban J connectivity index is 2.04. The molecule has 0 saturated heterocycles. The third-order valence-corrected chi connectivity index (χ3v) is 3.14. The van der Waals surface area contributed by atoms with E-state index in [1.807, 2.05) is 4.68 Å². The van der Waals surface area contributed by atoms with Crippen molar-refractivity contribution >= 4 is 0 Å². The van der Waals surface area contributed by atoms with Gasteiger partial charge >= 0.3 is 0 Å². The number of aryl methyl sites for hydroxylation is 2. The van der Waals surface area contributed by atoms with Crippen LogP contribution in [0.5, 0.6) is 0 Å². The van der Waals surface area contributed by atoms with Gasteiger partial charge in [0.2, 0.25) is 0 Å². The molecule has 3 nitrogen and oxygen atoms in total. The minimum absolute atomic E-state index is 0.873. The van der Waals surface area contributed by atoms with Crippen molar-refractivity contribution in [3.05, 3.63) is 46.5 Å². The molecular weight excluding hydrogens is 198 g/mol. The van der Waals surface area contributed by atoms with Crippen LogP contribution in [0.2, 0.25) is 0 Å². The SMILES string of the molecule is CCc1nc2n(n1)Cc1ccc(C)cc1C2. The summed E-state index contributed by atoms with van der Waals surface area (Å²) >= 11 is 0. The molecule has 0 radical (unpaired) electrons. The van der Waals surface area contributed by atoms with Gasteiger partial charge in [-0.2, -0.15) is 5.10 Å². The van der Waals surface area contributed by atoms with Crippen molar-refractivity contribution in [3.8, 4) is 0 Å². The first-order valence-electron chi connectivity index (χ1n) is 5.77. The zero-order chi connectivity index (χ0) is 11.1. The van der Waals surface area contributed by atoms with Gasteiger partial charge in [0.1, 0.15) is 5.82 Å². The molecule has 3 rings (SSSR count). The predicted molar refractivity (Wildman–Crippen MR) is 62.5 cm³/mol. The minimum Gasteiger partial charge on any atom is -0.245 e. The lowest BCUT2D eigenvalue weighted by atomic mass is 9.99. The number of rotatable bonds is 1. The second kappa shape index (κ2) is 3.44. The van der Waals surface area contributed by atoms with E-state index >= 15 is 0 Å². The van der Waals surface area contributed by atoms with Crippen LogP contribution in [0.25, 0.3) is 0 Å². The lowest BCUT2D eigenvalue weighted by molar-refractivity contribution is 0.615. The van der Waals surface area contributed by atoms with Gasteiger partial charge in [-0.3, -0.25) is 0 Å². The van der Waals surface area contributed by atoms with E-state index in [2.05, 4.69) is 42.1 Å². The number of benzene rings is 1. The van der Waals surface area contributed by atoms with Crippen molar-refractivity contribution in [1.82, 2.24) is 14.8 Å². The topological polar surface area (TPSA) is 30.7 Å². The highest BCUT2D eigenvalue weighted by Crippen LogP contribution is 2.21. The van der Waals surface area contributed by atoms with Crippen LogP contribution in [0.1, 0.15) is 35.3 Å². The molecule has 0 saturated carbocycles. The fourth-order valence-corrected chi connectivity index (χ4v) is 2.24. The molecule has 0 atom stereocenters. The summed E-state index contributed by atoms with van der Waals surface area (Å²) in [6.45, 7) is 5.10. The number of fused-ring (bicyclic) bond motifs is 2. The van der Waals surface area contributed by atoms with Crippen LogP contribution in [-0.4, -0.2) is 14.8 Å².